The van der Waals surface area contributed by atoms with Crippen LogP contribution in [0.15, 0.2) is 34.9 Å². The van der Waals surface area contributed by atoms with Crippen LogP contribution >= 0.6 is 15.9 Å². The molecule has 0 spiro atoms. The summed E-state index contributed by atoms with van der Waals surface area (Å²) in [4.78, 5) is 23.7. The summed E-state index contributed by atoms with van der Waals surface area (Å²) >= 11 is 3.48. The van der Waals surface area contributed by atoms with E-state index in [0.717, 1.165) is 40.8 Å². The molecule has 28 heavy (non-hydrogen) atoms. The lowest BCUT2D eigenvalue weighted by Crippen LogP contribution is -2.53. The molecule has 1 N–H and O–H groups in total. The maximum atomic E-state index is 13.4. The number of carbonyl (C=O) groups excluding carboxylic acids is 1. The fraction of sp³-hybridized carbons (Fsp3) is 0.545. The van der Waals surface area contributed by atoms with E-state index >= 15 is 0 Å². The van der Waals surface area contributed by atoms with E-state index in [4.69, 9.17) is 4.74 Å². The number of halogens is 1. The third-order valence-corrected chi connectivity index (χ3v) is 6.68. The third kappa shape index (κ3) is 3.90. The predicted octanol–water partition coefficient (Wildman–Crippen LogP) is 4.61. The van der Waals surface area contributed by atoms with Crippen molar-refractivity contribution in [1.82, 2.24) is 14.9 Å². The highest BCUT2D eigenvalue weighted by molar-refractivity contribution is 9.10. The van der Waals surface area contributed by atoms with Gasteiger partial charge in [-0.2, -0.15) is 0 Å². The average molecular weight is 446 g/mol. The summed E-state index contributed by atoms with van der Waals surface area (Å²) in [5.41, 5.74) is 2.11. The number of morpholine rings is 1. The van der Waals surface area contributed by atoms with E-state index in [0.29, 0.717) is 25.7 Å². The van der Waals surface area contributed by atoms with E-state index in [-0.39, 0.29) is 23.8 Å². The molecule has 0 bridgehead atoms. The third-order valence-electron chi connectivity index (χ3n) is 6.15. The van der Waals surface area contributed by atoms with E-state index in [9.17, 15) is 4.79 Å². The molecule has 1 aromatic carbocycles. The summed E-state index contributed by atoms with van der Waals surface area (Å²) in [6.45, 7) is 6.33. The van der Waals surface area contributed by atoms with Crippen molar-refractivity contribution >= 4 is 21.8 Å². The van der Waals surface area contributed by atoms with Crippen LogP contribution in [-0.4, -0.2) is 46.6 Å². The van der Waals surface area contributed by atoms with Gasteiger partial charge in [-0.1, -0.05) is 48.3 Å². The smallest absolute Gasteiger partial charge is 0.226 e. The van der Waals surface area contributed by atoms with Crippen molar-refractivity contribution in [3.63, 3.8) is 0 Å². The summed E-state index contributed by atoms with van der Waals surface area (Å²) in [7, 11) is 0. The van der Waals surface area contributed by atoms with Gasteiger partial charge in [0.05, 0.1) is 31.1 Å². The molecule has 3 atom stereocenters. The Bertz CT molecular complexity index is 817. The van der Waals surface area contributed by atoms with Gasteiger partial charge in [-0.25, -0.2) is 4.98 Å². The Morgan fingerprint density at radius 3 is 2.82 bits per heavy atom. The van der Waals surface area contributed by atoms with Crippen LogP contribution in [0.3, 0.4) is 0 Å². The second-order valence-corrected chi connectivity index (χ2v) is 9.17. The Balaban J connectivity index is 1.53. The summed E-state index contributed by atoms with van der Waals surface area (Å²) in [5.74, 6) is 1.82. The summed E-state index contributed by atoms with van der Waals surface area (Å²) in [6, 6.07) is 8.38. The number of imidazole rings is 1. The van der Waals surface area contributed by atoms with Crippen LogP contribution < -0.4 is 0 Å². The number of rotatable bonds is 4. The standard InChI is InChI=1S/C22H28BrN3O2/c1-14(2)20-13-28-11-10-26(20)22(27)18-5-3-4-17(18)21-24-12-19(25-21)15-6-8-16(23)9-7-15/h6-9,12,14,17-18,20H,3-5,10-11,13H2,1-2H3,(H,24,25)/t17?,18?,20-/m0/s1. The molecule has 5 nitrogen and oxygen atoms in total. The Morgan fingerprint density at radius 2 is 2.07 bits per heavy atom. The molecule has 2 fully saturated rings. The van der Waals surface area contributed by atoms with Crippen molar-refractivity contribution in [3.8, 4) is 11.3 Å². The first-order chi connectivity index (χ1) is 13.5. The van der Waals surface area contributed by atoms with Crippen LogP contribution in [-0.2, 0) is 9.53 Å². The van der Waals surface area contributed by atoms with Crippen LogP contribution in [0.2, 0.25) is 0 Å². The van der Waals surface area contributed by atoms with Gasteiger partial charge in [0.25, 0.3) is 0 Å². The summed E-state index contributed by atoms with van der Waals surface area (Å²) < 4.78 is 6.70. The molecular formula is C22H28BrN3O2. The minimum atomic E-state index is 0.0169. The molecule has 2 unspecified atom stereocenters. The Hall–Kier alpha value is -1.66. The Morgan fingerprint density at radius 1 is 1.29 bits per heavy atom. The van der Waals surface area contributed by atoms with E-state index < -0.39 is 0 Å². The number of H-pyrrole nitrogens is 1. The van der Waals surface area contributed by atoms with E-state index in [1.807, 2.05) is 18.3 Å². The quantitative estimate of drug-likeness (QED) is 0.747. The molecule has 150 valence electrons. The van der Waals surface area contributed by atoms with Gasteiger partial charge >= 0.3 is 0 Å². The first-order valence-corrected chi connectivity index (χ1v) is 11.0. The molecule has 1 amide bonds. The van der Waals surface area contributed by atoms with Gasteiger partial charge in [0.2, 0.25) is 5.91 Å². The first kappa shape index (κ1) is 19.6. The molecule has 2 aromatic rings. The molecular weight excluding hydrogens is 418 g/mol. The molecule has 1 aliphatic carbocycles. The summed E-state index contributed by atoms with van der Waals surface area (Å²) in [6.07, 6.45) is 4.93. The predicted molar refractivity (Wildman–Crippen MR) is 113 cm³/mol. The maximum absolute atomic E-state index is 13.4. The lowest BCUT2D eigenvalue weighted by Gasteiger charge is -2.40. The van der Waals surface area contributed by atoms with Crippen molar-refractivity contribution in [1.29, 1.82) is 0 Å². The Kier molecular flexibility index (Phi) is 5.88. The fourth-order valence-corrected chi connectivity index (χ4v) is 4.81. The zero-order valence-electron chi connectivity index (χ0n) is 16.5. The minimum absolute atomic E-state index is 0.0169. The number of amides is 1. The van der Waals surface area contributed by atoms with Gasteiger partial charge in [-0.05, 0) is 36.5 Å². The molecule has 6 heteroatoms. The van der Waals surface area contributed by atoms with Crippen molar-refractivity contribution in [2.45, 2.75) is 45.1 Å². The van der Waals surface area contributed by atoms with Crippen LogP contribution in [0.1, 0.15) is 44.9 Å². The van der Waals surface area contributed by atoms with E-state index in [1.54, 1.807) is 0 Å². The monoisotopic (exact) mass is 445 g/mol. The van der Waals surface area contributed by atoms with Gasteiger partial charge in [0.15, 0.2) is 0 Å². The molecule has 2 heterocycles. The number of hydrogen-bond acceptors (Lipinski definition) is 3. The minimum Gasteiger partial charge on any atom is -0.377 e. The number of hydrogen-bond donors (Lipinski definition) is 1. The lowest BCUT2D eigenvalue weighted by atomic mass is 9.91. The fourth-order valence-electron chi connectivity index (χ4n) is 4.55. The van der Waals surface area contributed by atoms with Crippen LogP contribution in [0.25, 0.3) is 11.3 Å². The highest BCUT2D eigenvalue weighted by Gasteiger charge is 2.41. The van der Waals surface area contributed by atoms with Gasteiger partial charge in [-0.3, -0.25) is 4.79 Å². The van der Waals surface area contributed by atoms with Crippen molar-refractivity contribution in [2.75, 3.05) is 19.8 Å². The highest BCUT2D eigenvalue weighted by atomic mass is 79.9. The molecule has 2 aliphatic rings. The van der Waals surface area contributed by atoms with Gasteiger partial charge in [0.1, 0.15) is 5.82 Å². The number of ether oxygens (including phenoxy) is 1. The molecule has 1 saturated carbocycles. The highest BCUT2D eigenvalue weighted by Crippen LogP contribution is 2.40. The normalized spacial score (nSPS) is 25.4. The zero-order chi connectivity index (χ0) is 19.7. The zero-order valence-corrected chi connectivity index (χ0v) is 18.1. The largest absolute Gasteiger partial charge is 0.377 e. The van der Waals surface area contributed by atoms with Gasteiger partial charge < -0.3 is 14.6 Å². The van der Waals surface area contributed by atoms with E-state index in [2.05, 4.69) is 56.8 Å². The number of benzene rings is 1. The average Bonchev–Trinajstić information content (AvgIpc) is 3.37. The van der Waals surface area contributed by atoms with Crippen LogP contribution in [0, 0.1) is 11.8 Å². The molecule has 1 aliphatic heterocycles. The lowest BCUT2D eigenvalue weighted by molar-refractivity contribution is -0.146. The van der Waals surface area contributed by atoms with Gasteiger partial charge in [0, 0.05) is 22.9 Å². The maximum Gasteiger partial charge on any atom is 0.226 e. The van der Waals surface area contributed by atoms with Crippen LogP contribution in [0.5, 0.6) is 0 Å². The second kappa shape index (κ2) is 8.37. The molecule has 1 aromatic heterocycles. The number of nitrogens with one attached hydrogen (secondary N) is 1. The molecule has 0 radical (unpaired) electrons. The Labute approximate surface area is 175 Å². The number of aromatic nitrogens is 2. The summed E-state index contributed by atoms with van der Waals surface area (Å²) in [5, 5.41) is 0. The number of aromatic amines is 1. The number of carbonyl (C=O) groups is 1. The molecule has 4 rings (SSSR count). The van der Waals surface area contributed by atoms with Crippen molar-refractivity contribution in [2.24, 2.45) is 11.8 Å². The second-order valence-electron chi connectivity index (χ2n) is 8.25. The van der Waals surface area contributed by atoms with E-state index in [1.165, 1.54) is 0 Å². The molecule has 1 saturated heterocycles. The van der Waals surface area contributed by atoms with Crippen molar-refractivity contribution < 1.29 is 9.53 Å². The van der Waals surface area contributed by atoms with Crippen molar-refractivity contribution in [3.05, 3.63) is 40.8 Å². The van der Waals surface area contributed by atoms with Gasteiger partial charge in [-0.15, -0.1) is 0 Å². The first-order valence-electron chi connectivity index (χ1n) is 10.2. The van der Waals surface area contributed by atoms with Crippen LogP contribution in [0.4, 0.5) is 0 Å². The number of nitrogens with zero attached hydrogens (tertiary/aromatic N) is 2. The SMILES string of the molecule is CC(C)[C@@H]1COCCN1C(=O)C1CCCC1c1ncc(-c2ccc(Br)cc2)[nH]1. The topological polar surface area (TPSA) is 58.2 Å².